The zero-order valence-electron chi connectivity index (χ0n) is 11.3. The van der Waals surface area contributed by atoms with Crippen LogP contribution in [0.5, 0.6) is 5.75 Å². The minimum Gasteiger partial charge on any atom is -0.490 e. The Labute approximate surface area is 113 Å². The molecule has 2 aliphatic heterocycles. The first kappa shape index (κ1) is 12.9. The normalized spacial score (nSPS) is 30.6. The van der Waals surface area contributed by atoms with E-state index in [0.29, 0.717) is 23.4 Å². The van der Waals surface area contributed by atoms with Crippen molar-refractivity contribution in [1.82, 2.24) is 4.90 Å². The Bertz CT molecular complexity index is 451. The summed E-state index contributed by atoms with van der Waals surface area (Å²) in [6, 6.07) is 6.20. The standard InChI is InChI=1S/C15H21FN2O/c1-18-10-5-6-11(18)8-12(7-10)19-15-4-2-3-14(16)13(15)9-17/h2-4,10-12H,5-9,17H2,1H3. The zero-order chi connectivity index (χ0) is 13.4. The molecule has 2 aliphatic rings. The first-order chi connectivity index (χ1) is 9.19. The molecular weight excluding hydrogens is 243 g/mol. The number of benzene rings is 1. The number of nitrogens with two attached hydrogens (primary N) is 1. The summed E-state index contributed by atoms with van der Waals surface area (Å²) in [6.07, 6.45) is 4.78. The van der Waals surface area contributed by atoms with Crippen molar-refractivity contribution in [2.45, 2.75) is 50.4 Å². The highest BCUT2D eigenvalue weighted by atomic mass is 19.1. The number of piperidine rings is 1. The van der Waals surface area contributed by atoms with Crippen LogP contribution in [0.25, 0.3) is 0 Å². The van der Waals surface area contributed by atoms with Crippen LogP contribution in [0, 0.1) is 5.82 Å². The molecule has 3 rings (SSSR count). The predicted molar refractivity (Wildman–Crippen MR) is 72.5 cm³/mol. The van der Waals surface area contributed by atoms with Crippen molar-refractivity contribution in [3.05, 3.63) is 29.6 Å². The van der Waals surface area contributed by atoms with E-state index < -0.39 is 0 Å². The van der Waals surface area contributed by atoms with Crippen LogP contribution in [-0.4, -0.2) is 30.1 Å². The Morgan fingerprint density at radius 2 is 2.00 bits per heavy atom. The first-order valence-corrected chi connectivity index (χ1v) is 7.05. The molecule has 2 atom stereocenters. The maximum Gasteiger partial charge on any atom is 0.131 e. The molecule has 2 bridgehead atoms. The third-order valence-corrected chi connectivity index (χ3v) is 4.63. The van der Waals surface area contributed by atoms with Crippen molar-refractivity contribution in [1.29, 1.82) is 0 Å². The molecule has 2 fully saturated rings. The smallest absolute Gasteiger partial charge is 0.131 e. The SMILES string of the molecule is CN1C2CCC1CC(Oc1cccc(F)c1CN)C2. The molecule has 19 heavy (non-hydrogen) atoms. The molecule has 104 valence electrons. The van der Waals surface area contributed by atoms with Gasteiger partial charge in [-0.25, -0.2) is 4.39 Å². The Kier molecular flexibility index (Phi) is 3.46. The third kappa shape index (κ3) is 2.35. The molecule has 0 spiro atoms. The average molecular weight is 264 g/mol. The van der Waals surface area contributed by atoms with E-state index in [1.807, 2.05) is 6.07 Å². The fourth-order valence-electron chi connectivity index (χ4n) is 3.48. The average Bonchev–Trinajstić information content (AvgIpc) is 2.63. The van der Waals surface area contributed by atoms with E-state index in [0.717, 1.165) is 12.8 Å². The monoisotopic (exact) mass is 264 g/mol. The lowest BCUT2D eigenvalue weighted by Gasteiger charge is -2.36. The lowest BCUT2D eigenvalue weighted by molar-refractivity contribution is 0.0653. The van der Waals surface area contributed by atoms with E-state index in [9.17, 15) is 4.39 Å². The van der Waals surface area contributed by atoms with Crippen LogP contribution in [0.1, 0.15) is 31.2 Å². The summed E-state index contributed by atoms with van der Waals surface area (Å²) in [5.41, 5.74) is 6.11. The van der Waals surface area contributed by atoms with E-state index in [-0.39, 0.29) is 18.5 Å². The quantitative estimate of drug-likeness (QED) is 0.910. The van der Waals surface area contributed by atoms with Crippen molar-refractivity contribution in [2.75, 3.05) is 7.05 Å². The van der Waals surface area contributed by atoms with E-state index >= 15 is 0 Å². The number of halogens is 1. The van der Waals surface area contributed by atoms with E-state index in [1.165, 1.54) is 18.9 Å². The molecule has 2 N–H and O–H groups in total. The summed E-state index contributed by atoms with van der Waals surface area (Å²) in [7, 11) is 2.20. The lowest BCUT2D eigenvalue weighted by atomic mass is 10.0. The summed E-state index contributed by atoms with van der Waals surface area (Å²) in [6.45, 7) is 0.182. The van der Waals surface area contributed by atoms with Crippen LogP contribution in [0.3, 0.4) is 0 Å². The van der Waals surface area contributed by atoms with Gasteiger partial charge in [0.1, 0.15) is 17.7 Å². The van der Waals surface area contributed by atoms with Gasteiger partial charge in [0.25, 0.3) is 0 Å². The number of nitrogens with zero attached hydrogens (tertiary/aromatic N) is 1. The highest BCUT2D eigenvalue weighted by molar-refractivity contribution is 5.34. The molecule has 1 aromatic carbocycles. The van der Waals surface area contributed by atoms with Crippen LogP contribution in [0.15, 0.2) is 18.2 Å². The van der Waals surface area contributed by atoms with Crippen LogP contribution in [0.4, 0.5) is 4.39 Å². The molecule has 0 radical (unpaired) electrons. The Hall–Kier alpha value is -1.13. The first-order valence-electron chi connectivity index (χ1n) is 7.05. The third-order valence-electron chi connectivity index (χ3n) is 4.63. The summed E-state index contributed by atoms with van der Waals surface area (Å²) in [5, 5.41) is 0. The van der Waals surface area contributed by atoms with Crippen LogP contribution in [0.2, 0.25) is 0 Å². The van der Waals surface area contributed by atoms with Gasteiger partial charge in [-0.05, 0) is 44.9 Å². The fourth-order valence-corrected chi connectivity index (χ4v) is 3.48. The number of ether oxygens (including phenoxy) is 1. The Morgan fingerprint density at radius 3 is 2.63 bits per heavy atom. The van der Waals surface area contributed by atoms with Gasteiger partial charge >= 0.3 is 0 Å². The number of fused-ring (bicyclic) bond motifs is 2. The maximum absolute atomic E-state index is 13.7. The van der Waals surface area contributed by atoms with Gasteiger partial charge < -0.3 is 15.4 Å². The minimum absolute atomic E-state index is 0.182. The zero-order valence-corrected chi connectivity index (χ0v) is 11.3. The van der Waals surface area contributed by atoms with Gasteiger partial charge in [0.05, 0.1) is 0 Å². The molecule has 4 heteroatoms. The number of hydrogen-bond acceptors (Lipinski definition) is 3. The van der Waals surface area contributed by atoms with Gasteiger partial charge in [0.2, 0.25) is 0 Å². The van der Waals surface area contributed by atoms with E-state index in [4.69, 9.17) is 10.5 Å². The van der Waals surface area contributed by atoms with Crippen molar-refractivity contribution < 1.29 is 9.13 Å². The molecule has 3 nitrogen and oxygen atoms in total. The molecule has 2 heterocycles. The Balaban J connectivity index is 1.74. The van der Waals surface area contributed by atoms with Crippen LogP contribution in [-0.2, 0) is 6.54 Å². The summed E-state index contributed by atoms with van der Waals surface area (Å²) in [5.74, 6) is 0.354. The fraction of sp³-hybridized carbons (Fsp3) is 0.600. The second-order valence-electron chi connectivity index (χ2n) is 5.68. The number of rotatable bonds is 3. The second-order valence-corrected chi connectivity index (χ2v) is 5.68. The van der Waals surface area contributed by atoms with Crippen molar-refractivity contribution in [2.24, 2.45) is 5.73 Å². The van der Waals surface area contributed by atoms with Crippen LogP contribution >= 0.6 is 0 Å². The van der Waals surface area contributed by atoms with Gasteiger partial charge in [0.15, 0.2) is 0 Å². The molecule has 0 saturated carbocycles. The van der Waals surface area contributed by atoms with E-state index in [1.54, 1.807) is 6.07 Å². The Morgan fingerprint density at radius 1 is 1.32 bits per heavy atom. The van der Waals surface area contributed by atoms with Gasteiger partial charge in [-0.3, -0.25) is 0 Å². The van der Waals surface area contributed by atoms with Gasteiger partial charge in [0, 0.05) is 24.2 Å². The van der Waals surface area contributed by atoms with Gasteiger partial charge in [-0.2, -0.15) is 0 Å². The molecule has 0 aliphatic carbocycles. The number of hydrogen-bond donors (Lipinski definition) is 1. The summed E-state index contributed by atoms with van der Waals surface area (Å²) < 4.78 is 19.7. The van der Waals surface area contributed by atoms with Crippen molar-refractivity contribution >= 4 is 0 Å². The molecule has 2 saturated heterocycles. The highest BCUT2D eigenvalue weighted by Gasteiger charge is 2.39. The topological polar surface area (TPSA) is 38.5 Å². The molecule has 0 aromatic heterocycles. The van der Waals surface area contributed by atoms with E-state index in [2.05, 4.69) is 11.9 Å². The van der Waals surface area contributed by atoms with Gasteiger partial charge in [-0.1, -0.05) is 6.07 Å². The second kappa shape index (κ2) is 5.10. The lowest BCUT2D eigenvalue weighted by Crippen LogP contribution is -2.43. The summed E-state index contributed by atoms with van der Waals surface area (Å²) in [4.78, 5) is 2.47. The van der Waals surface area contributed by atoms with Gasteiger partial charge in [-0.15, -0.1) is 0 Å². The van der Waals surface area contributed by atoms with Crippen molar-refractivity contribution in [3.63, 3.8) is 0 Å². The summed E-state index contributed by atoms with van der Waals surface area (Å²) >= 11 is 0. The minimum atomic E-state index is -0.268. The molecule has 1 aromatic rings. The molecule has 2 unspecified atom stereocenters. The largest absolute Gasteiger partial charge is 0.490 e. The van der Waals surface area contributed by atoms with Crippen molar-refractivity contribution in [3.8, 4) is 5.75 Å². The molecular formula is C15H21FN2O. The highest BCUT2D eigenvalue weighted by Crippen LogP contribution is 2.36. The predicted octanol–water partition coefficient (Wildman–Crippen LogP) is 2.29. The molecule has 0 amide bonds. The van der Waals surface area contributed by atoms with Crippen LogP contribution < -0.4 is 10.5 Å². The maximum atomic E-state index is 13.7.